The van der Waals surface area contributed by atoms with Gasteiger partial charge in [0, 0.05) is 24.2 Å². The van der Waals surface area contributed by atoms with Crippen molar-refractivity contribution < 1.29 is 8.42 Å². The van der Waals surface area contributed by atoms with Crippen LogP contribution in [0.5, 0.6) is 0 Å². The molecule has 3 nitrogen and oxygen atoms in total. The fourth-order valence-electron chi connectivity index (χ4n) is 1.48. The minimum absolute atomic E-state index is 0.120. The van der Waals surface area contributed by atoms with E-state index in [0.717, 1.165) is 5.69 Å². The Labute approximate surface area is 115 Å². The van der Waals surface area contributed by atoms with Crippen LogP contribution in [-0.2, 0) is 9.84 Å². The second-order valence-corrected chi connectivity index (χ2v) is 7.45. The molecule has 0 amide bonds. The third-order valence-electron chi connectivity index (χ3n) is 3.20. The molecule has 0 atom stereocenters. The number of sulfone groups is 1. The fraction of sp³-hybridized carbons (Fsp3) is 0.538. The van der Waals surface area contributed by atoms with Gasteiger partial charge in [0.1, 0.15) is 0 Å². The molecule has 0 saturated heterocycles. The van der Waals surface area contributed by atoms with E-state index in [1.165, 1.54) is 0 Å². The van der Waals surface area contributed by atoms with Gasteiger partial charge >= 0.3 is 0 Å². The van der Waals surface area contributed by atoms with Gasteiger partial charge in [0.15, 0.2) is 9.84 Å². The van der Waals surface area contributed by atoms with Crippen LogP contribution in [0.1, 0.15) is 20.8 Å². The Morgan fingerprint density at radius 3 is 2.11 bits per heavy atom. The zero-order chi connectivity index (χ0) is 14.0. The first-order valence-electron chi connectivity index (χ1n) is 5.87. The van der Waals surface area contributed by atoms with Gasteiger partial charge in [-0.05, 0) is 38.1 Å². The van der Waals surface area contributed by atoms with E-state index >= 15 is 0 Å². The molecule has 0 aliphatic rings. The van der Waals surface area contributed by atoms with E-state index < -0.39 is 9.84 Å². The van der Waals surface area contributed by atoms with Crippen molar-refractivity contribution in [2.24, 2.45) is 0 Å². The van der Waals surface area contributed by atoms with Crippen molar-refractivity contribution in [2.45, 2.75) is 31.2 Å². The number of anilines is 1. The van der Waals surface area contributed by atoms with Gasteiger partial charge in [0.25, 0.3) is 0 Å². The molecule has 0 N–H and O–H groups in total. The zero-order valence-corrected chi connectivity index (χ0v) is 12.8. The number of hydrogen-bond acceptors (Lipinski definition) is 3. The molecule has 0 fully saturated rings. The number of rotatable bonds is 5. The summed E-state index contributed by atoms with van der Waals surface area (Å²) in [6, 6.07) is 6.93. The van der Waals surface area contributed by atoms with Gasteiger partial charge in [-0.2, -0.15) is 0 Å². The second kappa shape index (κ2) is 5.49. The summed E-state index contributed by atoms with van der Waals surface area (Å²) in [6.45, 7) is 5.72. The number of halogens is 1. The van der Waals surface area contributed by atoms with E-state index in [-0.39, 0.29) is 11.3 Å². The van der Waals surface area contributed by atoms with Crippen LogP contribution in [0.3, 0.4) is 0 Å². The summed E-state index contributed by atoms with van der Waals surface area (Å²) in [5.74, 6) is 0.619. The predicted molar refractivity (Wildman–Crippen MR) is 77.4 cm³/mol. The molecular formula is C13H20ClNO2S. The van der Waals surface area contributed by atoms with E-state index in [0.29, 0.717) is 10.8 Å². The highest BCUT2D eigenvalue weighted by Gasteiger charge is 2.23. The lowest BCUT2D eigenvalue weighted by Crippen LogP contribution is -2.42. The summed E-state index contributed by atoms with van der Waals surface area (Å²) in [6.07, 6.45) is 0. The third kappa shape index (κ3) is 3.18. The zero-order valence-electron chi connectivity index (χ0n) is 11.3. The molecule has 0 radical (unpaired) electrons. The maximum Gasteiger partial charge on any atom is 0.178 e. The van der Waals surface area contributed by atoms with E-state index in [2.05, 4.69) is 0 Å². The Bertz CT molecular complexity index is 494. The molecule has 0 unspecified atom stereocenters. The molecule has 1 aromatic rings. The molecule has 0 aliphatic heterocycles. The highest BCUT2D eigenvalue weighted by molar-refractivity contribution is 7.91. The molecule has 18 heavy (non-hydrogen) atoms. The van der Waals surface area contributed by atoms with Crippen LogP contribution < -0.4 is 4.90 Å². The monoisotopic (exact) mass is 289 g/mol. The maximum atomic E-state index is 11.7. The van der Waals surface area contributed by atoms with E-state index in [1.807, 2.05) is 37.9 Å². The van der Waals surface area contributed by atoms with Gasteiger partial charge in [0.05, 0.1) is 10.6 Å². The van der Waals surface area contributed by atoms with Crippen LogP contribution in [0.15, 0.2) is 29.2 Å². The summed E-state index contributed by atoms with van der Waals surface area (Å²) in [4.78, 5) is 2.41. The van der Waals surface area contributed by atoms with Gasteiger partial charge in [-0.25, -0.2) is 8.42 Å². The Kier molecular flexibility index (Phi) is 4.67. The van der Waals surface area contributed by atoms with Crippen LogP contribution in [0, 0.1) is 0 Å². The standard InChI is InChI=1S/C13H20ClNO2S/c1-5-18(16,17)12-8-6-11(7-9-12)15(4)13(2,3)10-14/h6-9H,5,10H2,1-4H3. The lowest BCUT2D eigenvalue weighted by atomic mass is 10.1. The normalized spacial score (nSPS) is 12.5. The highest BCUT2D eigenvalue weighted by Crippen LogP contribution is 2.24. The Morgan fingerprint density at radius 1 is 1.22 bits per heavy atom. The van der Waals surface area contributed by atoms with Crippen molar-refractivity contribution in [1.29, 1.82) is 0 Å². The van der Waals surface area contributed by atoms with E-state index in [4.69, 9.17) is 11.6 Å². The van der Waals surface area contributed by atoms with Crippen LogP contribution in [0.2, 0.25) is 0 Å². The predicted octanol–water partition coefficient (Wildman–Crippen LogP) is 2.93. The summed E-state index contributed by atoms with van der Waals surface area (Å²) >= 11 is 5.93. The van der Waals surface area contributed by atoms with Gasteiger partial charge in [-0.3, -0.25) is 0 Å². The second-order valence-electron chi connectivity index (χ2n) is 4.90. The van der Waals surface area contributed by atoms with E-state index in [9.17, 15) is 8.42 Å². The van der Waals surface area contributed by atoms with Gasteiger partial charge in [-0.15, -0.1) is 11.6 Å². The van der Waals surface area contributed by atoms with Gasteiger partial charge in [0.2, 0.25) is 0 Å². The highest BCUT2D eigenvalue weighted by atomic mass is 35.5. The van der Waals surface area contributed by atoms with Crippen molar-refractivity contribution in [1.82, 2.24) is 0 Å². The molecule has 1 rings (SSSR count). The summed E-state index contributed by atoms with van der Waals surface area (Å²) in [7, 11) is -1.18. The molecule has 0 spiro atoms. The molecule has 0 heterocycles. The molecule has 0 saturated carbocycles. The molecule has 102 valence electrons. The number of alkyl halides is 1. The third-order valence-corrected chi connectivity index (χ3v) is 5.60. The molecule has 0 bridgehead atoms. The quantitative estimate of drug-likeness (QED) is 0.782. The summed E-state index contributed by atoms with van der Waals surface area (Å²) in [5.41, 5.74) is 0.780. The fourth-order valence-corrected chi connectivity index (χ4v) is 2.55. The average molecular weight is 290 g/mol. The Balaban J connectivity index is 3.04. The van der Waals surface area contributed by atoms with Crippen molar-refractivity contribution in [3.8, 4) is 0 Å². The van der Waals surface area contributed by atoms with Crippen molar-refractivity contribution >= 4 is 27.1 Å². The smallest absolute Gasteiger partial charge is 0.178 e. The van der Waals surface area contributed by atoms with Crippen molar-refractivity contribution in [3.05, 3.63) is 24.3 Å². The first-order valence-corrected chi connectivity index (χ1v) is 8.06. The molecule has 1 aromatic carbocycles. The minimum Gasteiger partial charge on any atom is -0.368 e. The number of benzene rings is 1. The van der Waals surface area contributed by atoms with Crippen molar-refractivity contribution in [3.63, 3.8) is 0 Å². The molecular weight excluding hydrogens is 270 g/mol. The molecule has 0 aromatic heterocycles. The lowest BCUT2D eigenvalue weighted by Gasteiger charge is -2.35. The van der Waals surface area contributed by atoms with Crippen LogP contribution in [-0.4, -0.2) is 32.6 Å². The SMILES string of the molecule is CCS(=O)(=O)c1ccc(N(C)C(C)(C)CCl)cc1. The first kappa shape index (κ1) is 15.3. The van der Waals surface area contributed by atoms with E-state index in [1.54, 1.807) is 19.1 Å². The molecule has 0 aliphatic carbocycles. The Hall–Kier alpha value is -0.740. The van der Waals surface area contributed by atoms with Crippen molar-refractivity contribution in [2.75, 3.05) is 23.6 Å². The number of hydrogen-bond donors (Lipinski definition) is 0. The van der Waals surface area contributed by atoms with Crippen LogP contribution in [0.25, 0.3) is 0 Å². The molecule has 5 heteroatoms. The van der Waals surface area contributed by atoms with Gasteiger partial charge < -0.3 is 4.90 Å². The topological polar surface area (TPSA) is 37.4 Å². The summed E-state index contributed by atoms with van der Waals surface area (Å²) in [5, 5.41) is 0. The Morgan fingerprint density at radius 2 is 1.72 bits per heavy atom. The average Bonchev–Trinajstić information content (AvgIpc) is 2.38. The maximum absolute atomic E-state index is 11.7. The lowest BCUT2D eigenvalue weighted by molar-refractivity contribution is 0.545. The largest absolute Gasteiger partial charge is 0.368 e. The van der Waals surface area contributed by atoms with Crippen LogP contribution >= 0.6 is 11.6 Å². The first-order chi connectivity index (χ1) is 8.24. The van der Waals surface area contributed by atoms with Crippen LogP contribution in [0.4, 0.5) is 5.69 Å². The minimum atomic E-state index is -3.13. The number of nitrogens with zero attached hydrogens (tertiary/aromatic N) is 1. The summed E-state index contributed by atoms with van der Waals surface area (Å²) < 4.78 is 23.4. The van der Waals surface area contributed by atoms with Gasteiger partial charge in [-0.1, -0.05) is 6.92 Å².